The van der Waals surface area contributed by atoms with E-state index in [2.05, 4.69) is 15.6 Å². The lowest BCUT2D eigenvalue weighted by Crippen LogP contribution is -2.36. The summed E-state index contributed by atoms with van der Waals surface area (Å²) in [6.45, 7) is 6.26. The molecule has 0 saturated heterocycles. The first kappa shape index (κ1) is 27.0. The molecule has 0 spiro atoms. The van der Waals surface area contributed by atoms with E-state index in [1.165, 1.54) is 0 Å². The molecule has 0 fully saturated rings. The van der Waals surface area contributed by atoms with Gasteiger partial charge in [-0.05, 0) is 43.7 Å². The fourth-order valence-corrected chi connectivity index (χ4v) is 3.04. The molecule has 0 saturated carbocycles. The van der Waals surface area contributed by atoms with Crippen molar-refractivity contribution in [3.8, 4) is 23.0 Å². The summed E-state index contributed by atoms with van der Waals surface area (Å²) in [6.07, 6.45) is 0. The first-order valence-corrected chi connectivity index (χ1v) is 10.2. The van der Waals surface area contributed by atoms with Gasteiger partial charge in [0.1, 0.15) is 5.75 Å². The van der Waals surface area contributed by atoms with Gasteiger partial charge in [0.25, 0.3) is 0 Å². The van der Waals surface area contributed by atoms with E-state index in [1.807, 2.05) is 44.2 Å². The molecular formula is C22H31ClIN3O4. The van der Waals surface area contributed by atoms with E-state index in [9.17, 15) is 0 Å². The lowest BCUT2D eigenvalue weighted by atomic mass is 10.2. The van der Waals surface area contributed by atoms with Crippen molar-refractivity contribution in [3.05, 3.63) is 46.5 Å². The number of nitrogens with zero attached hydrogens (tertiary/aromatic N) is 1. The van der Waals surface area contributed by atoms with Crippen LogP contribution in [0.1, 0.15) is 25.0 Å². The van der Waals surface area contributed by atoms with Crippen molar-refractivity contribution in [2.75, 3.05) is 34.5 Å². The Labute approximate surface area is 206 Å². The first-order chi connectivity index (χ1) is 14.6. The van der Waals surface area contributed by atoms with Gasteiger partial charge in [0.15, 0.2) is 17.5 Å². The minimum Gasteiger partial charge on any atom is -0.493 e. The summed E-state index contributed by atoms with van der Waals surface area (Å²) in [5.74, 6) is 3.20. The molecule has 0 atom stereocenters. The van der Waals surface area contributed by atoms with Crippen molar-refractivity contribution in [1.29, 1.82) is 0 Å². The SMILES string of the molecule is CCNC(=NCc1cc(OC)c(OC)c(OC)c1)NCc1ccc(Cl)cc1OCC.I. The average Bonchev–Trinajstić information content (AvgIpc) is 2.76. The molecule has 31 heavy (non-hydrogen) atoms. The van der Waals surface area contributed by atoms with E-state index in [4.69, 9.17) is 30.5 Å². The molecule has 0 unspecified atom stereocenters. The number of ether oxygens (including phenoxy) is 4. The number of aliphatic imine (C=N–C) groups is 1. The average molecular weight is 564 g/mol. The van der Waals surface area contributed by atoms with Crippen LogP contribution in [0, 0.1) is 0 Å². The molecule has 0 heterocycles. The predicted octanol–water partition coefficient (Wildman–Crippen LogP) is 4.64. The molecule has 0 amide bonds. The van der Waals surface area contributed by atoms with E-state index in [1.54, 1.807) is 21.3 Å². The van der Waals surface area contributed by atoms with Crippen LogP contribution in [0.3, 0.4) is 0 Å². The number of guanidine groups is 1. The summed E-state index contributed by atoms with van der Waals surface area (Å²) in [5, 5.41) is 7.23. The number of methoxy groups -OCH3 is 3. The van der Waals surface area contributed by atoms with Crippen LogP contribution in [0.2, 0.25) is 5.02 Å². The van der Waals surface area contributed by atoms with Crippen LogP contribution < -0.4 is 29.6 Å². The molecule has 9 heteroatoms. The quantitative estimate of drug-likeness (QED) is 0.249. The molecule has 0 bridgehead atoms. The van der Waals surface area contributed by atoms with Gasteiger partial charge in [-0.15, -0.1) is 24.0 Å². The van der Waals surface area contributed by atoms with Crippen molar-refractivity contribution in [2.24, 2.45) is 4.99 Å². The summed E-state index contributed by atoms with van der Waals surface area (Å²) in [4.78, 5) is 4.67. The molecule has 2 N–H and O–H groups in total. The van der Waals surface area contributed by atoms with Gasteiger partial charge >= 0.3 is 0 Å². The van der Waals surface area contributed by atoms with Crippen LogP contribution in [0.15, 0.2) is 35.3 Å². The standard InChI is InChI=1S/C22H30ClN3O4.HI/c1-6-24-22(26-14-16-8-9-17(23)12-18(16)30-7-2)25-13-15-10-19(27-3)21(29-5)20(11-15)28-4;/h8-12H,6-7,13-14H2,1-5H3,(H2,24,25,26);1H. The number of hydrogen-bond acceptors (Lipinski definition) is 5. The second-order valence-corrected chi connectivity index (χ2v) is 6.70. The molecule has 0 aliphatic heterocycles. The van der Waals surface area contributed by atoms with Crippen molar-refractivity contribution in [2.45, 2.75) is 26.9 Å². The minimum absolute atomic E-state index is 0. The fourth-order valence-electron chi connectivity index (χ4n) is 2.88. The maximum absolute atomic E-state index is 6.09. The number of nitrogens with one attached hydrogen (secondary N) is 2. The molecule has 2 aromatic carbocycles. The smallest absolute Gasteiger partial charge is 0.203 e. The Balaban J connectivity index is 0.00000480. The van der Waals surface area contributed by atoms with Crippen LogP contribution >= 0.6 is 35.6 Å². The molecular weight excluding hydrogens is 533 g/mol. The molecule has 0 aliphatic rings. The number of hydrogen-bond donors (Lipinski definition) is 2. The van der Waals surface area contributed by atoms with Crippen LogP contribution in [-0.2, 0) is 13.1 Å². The summed E-state index contributed by atoms with van der Waals surface area (Å²) >= 11 is 6.09. The highest BCUT2D eigenvalue weighted by molar-refractivity contribution is 14.0. The monoisotopic (exact) mass is 563 g/mol. The molecule has 0 radical (unpaired) electrons. The van der Waals surface area contributed by atoms with Crippen LogP contribution in [-0.4, -0.2) is 40.4 Å². The zero-order chi connectivity index (χ0) is 21.9. The highest BCUT2D eigenvalue weighted by atomic mass is 127. The zero-order valence-electron chi connectivity index (χ0n) is 18.6. The third-order valence-corrected chi connectivity index (χ3v) is 4.50. The highest BCUT2D eigenvalue weighted by Crippen LogP contribution is 2.38. The van der Waals surface area contributed by atoms with E-state index in [0.29, 0.717) is 47.9 Å². The van der Waals surface area contributed by atoms with Gasteiger partial charge in [-0.3, -0.25) is 0 Å². The number of benzene rings is 2. The van der Waals surface area contributed by atoms with Gasteiger partial charge < -0.3 is 29.6 Å². The summed E-state index contributed by atoms with van der Waals surface area (Å²) in [6, 6.07) is 9.40. The van der Waals surface area contributed by atoms with Crippen molar-refractivity contribution in [1.82, 2.24) is 10.6 Å². The molecule has 172 valence electrons. The Morgan fingerprint density at radius 2 is 1.61 bits per heavy atom. The third kappa shape index (κ3) is 7.84. The molecule has 2 aromatic rings. The Hall–Kier alpha value is -2.07. The van der Waals surface area contributed by atoms with Crippen molar-refractivity contribution < 1.29 is 18.9 Å². The Morgan fingerprint density at radius 1 is 0.935 bits per heavy atom. The van der Waals surface area contributed by atoms with Crippen LogP contribution in [0.5, 0.6) is 23.0 Å². The second kappa shape index (κ2) is 14.1. The summed E-state index contributed by atoms with van der Waals surface area (Å²) < 4.78 is 21.9. The Bertz CT molecular complexity index is 840. The normalized spacial score (nSPS) is 10.7. The van der Waals surface area contributed by atoms with E-state index < -0.39 is 0 Å². The van der Waals surface area contributed by atoms with Crippen LogP contribution in [0.25, 0.3) is 0 Å². The molecule has 0 aliphatic carbocycles. The summed E-state index contributed by atoms with van der Waals surface area (Å²) in [7, 11) is 4.77. The van der Waals surface area contributed by atoms with Gasteiger partial charge in [-0.2, -0.15) is 0 Å². The number of halogens is 2. The van der Waals surface area contributed by atoms with E-state index in [-0.39, 0.29) is 24.0 Å². The van der Waals surface area contributed by atoms with E-state index >= 15 is 0 Å². The van der Waals surface area contributed by atoms with Gasteiger partial charge in [0.05, 0.1) is 34.5 Å². The van der Waals surface area contributed by atoms with Gasteiger partial charge in [0, 0.05) is 23.7 Å². The van der Waals surface area contributed by atoms with Gasteiger partial charge in [-0.1, -0.05) is 17.7 Å². The van der Waals surface area contributed by atoms with Gasteiger partial charge in [-0.25, -0.2) is 4.99 Å². The van der Waals surface area contributed by atoms with E-state index in [0.717, 1.165) is 23.4 Å². The van der Waals surface area contributed by atoms with Crippen molar-refractivity contribution in [3.63, 3.8) is 0 Å². The Kier molecular flexibility index (Phi) is 12.2. The fraction of sp³-hybridized carbons (Fsp3) is 0.409. The lowest BCUT2D eigenvalue weighted by Gasteiger charge is -2.15. The number of rotatable bonds is 10. The maximum Gasteiger partial charge on any atom is 0.203 e. The first-order valence-electron chi connectivity index (χ1n) is 9.78. The maximum atomic E-state index is 6.09. The topological polar surface area (TPSA) is 73.3 Å². The van der Waals surface area contributed by atoms with Crippen molar-refractivity contribution >= 4 is 41.5 Å². The third-order valence-electron chi connectivity index (χ3n) is 4.26. The predicted molar refractivity (Wildman–Crippen MR) is 136 cm³/mol. The molecule has 7 nitrogen and oxygen atoms in total. The second-order valence-electron chi connectivity index (χ2n) is 6.27. The summed E-state index contributed by atoms with van der Waals surface area (Å²) in [5.41, 5.74) is 1.93. The van der Waals surface area contributed by atoms with Crippen LogP contribution in [0.4, 0.5) is 0 Å². The zero-order valence-corrected chi connectivity index (χ0v) is 21.7. The molecule has 0 aromatic heterocycles. The minimum atomic E-state index is 0. The highest BCUT2D eigenvalue weighted by Gasteiger charge is 2.13. The lowest BCUT2D eigenvalue weighted by molar-refractivity contribution is 0.324. The Morgan fingerprint density at radius 3 is 2.16 bits per heavy atom. The van der Waals surface area contributed by atoms with Gasteiger partial charge in [0.2, 0.25) is 5.75 Å². The largest absolute Gasteiger partial charge is 0.493 e. The molecule has 2 rings (SSSR count).